The Kier molecular flexibility index (Phi) is 7.52. The molecular weight excluding hydrogens is 384 g/mol. The van der Waals surface area contributed by atoms with E-state index in [4.69, 9.17) is 4.42 Å². The fraction of sp³-hybridized carbons (Fsp3) is 0.409. The van der Waals surface area contributed by atoms with Crippen LogP contribution in [0.3, 0.4) is 0 Å². The number of hydrogen-bond donors (Lipinski definition) is 1. The van der Waals surface area contributed by atoms with E-state index in [0.717, 1.165) is 18.4 Å². The molecule has 7 heteroatoms. The van der Waals surface area contributed by atoms with Crippen molar-refractivity contribution in [1.29, 1.82) is 0 Å². The van der Waals surface area contributed by atoms with E-state index in [2.05, 4.69) is 48.4 Å². The monoisotopic (exact) mass is 412 g/mol. The molecule has 1 amide bonds. The number of benzene rings is 1. The summed E-state index contributed by atoms with van der Waals surface area (Å²) in [5.74, 6) is 2.27. The van der Waals surface area contributed by atoms with Crippen molar-refractivity contribution in [2.75, 3.05) is 5.75 Å². The minimum Gasteiger partial charge on any atom is -0.461 e. The largest absolute Gasteiger partial charge is 0.461 e. The van der Waals surface area contributed by atoms with Crippen LogP contribution < -0.4 is 5.32 Å². The predicted octanol–water partition coefficient (Wildman–Crippen LogP) is 4.62. The number of carbonyl (C=O) groups excluding carboxylic acids is 1. The number of rotatable bonds is 10. The van der Waals surface area contributed by atoms with Crippen molar-refractivity contribution in [2.24, 2.45) is 5.92 Å². The summed E-state index contributed by atoms with van der Waals surface area (Å²) in [4.78, 5) is 12.4. The van der Waals surface area contributed by atoms with Crippen LogP contribution in [-0.2, 0) is 11.3 Å². The molecule has 3 rings (SSSR count). The first-order valence-corrected chi connectivity index (χ1v) is 10.9. The molecule has 1 N–H and O–H groups in total. The highest BCUT2D eigenvalue weighted by molar-refractivity contribution is 7.99. The van der Waals surface area contributed by atoms with Crippen LogP contribution in [0.1, 0.15) is 39.2 Å². The molecule has 0 aliphatic rings. The second-order valence-corrected chi connectivity index (χ2v) is 8.53. The maximum absolute atomic E-state index is 12.4. The minimum atomic E-state index is 0.0139. The lowest BCUT2D eigenvalue weighted by molar-refractivity contribution is -0.119. The van der Waals surface area contributed by atoms with Crippen molar-refractivity contribution in [2.45, 2.75) is 51.4 Å². The van der Waals surface area contributed by atoms with Gasteiger partial charge in [-0.15, -0.1) is 10.2 Å². The predicted molar refractivity (Wildman–Crippen MR) is 116 cm³/mol. The molecule has 1 atom stereocenters. The van der Waals surface area contributed by atoms with Crippen LogP contribution in [0.4, 0.5) is 0 Å². The summed E-state index contributed by atoms with van der Waals surface area (Å²) < 4.78 is 7.52. The standard InChI is InChI=1S/C22H28N4O2S/c1-16(2)11-12-17(3)23-20(27)15-29-22-25-24-21(19-10-7-13-28-19)26(22)14-18-8-5-4-6-9-18/h4-10,13,16-17H,11-12,14-15H2,1-3H3,(H,23,27)/t17-/m1/s1. The molecule has 0 fully saturated rings. The normalized spacial score (nSPS) is 12.3. The fourth-order valence-electron chi connectivity index (χ4n) is 2.99. The Morgan fingerprint density at radius 3 is 2.59 bits per heavy atom. The summed E-state index contributed by atoms with van der Waals surface area (Å²) in [6.07, 6.45) is 3.71. The molecule has 0 bridgehead atoms. The SMILES string of the molecule is CC(C)CC[C@@H](C)NC(=O)CSc1nnc(-c2ccco2)n1Cc1ccccc1. The molecule has 0 aliphatic heterocycles. The van der Waals surface area contributed by atoms with Crippen molar-refractivity contribution in [3.05, 3.63) is 54.3 Å². The maximum Gasteiger partial charge on any atom is 0.230 e. The summed E-state index contributed by atoms with van der Waals surface area (Å²) in [7, 11) is 0. The van der Waals surface area contributed by atoms with Gasteiger partial charge in [0.2, 0.25) is 11.7 Å². The summed E-state index contributed by atoms with van der Waals surface area (Å²) in [6.45, 7) is 7.05. The van der Waals surface area contributed by atoms with Crippen LogP contribution in [-0.4, -0.2) is 32.5 Å². The molecule has 0 saturated carbocycles. The van der Waals surface area contributed by atoms with Crippen molar-refractivity contribution in [1.82, 2.24) is 20.1 Å². The second kappa shape index (κ2) is 10.3. The first-order chi connectivity index (χ1) is 14.0. The lowest BCUT2D eigenvalue weighted by atomic mass is 10.0. The molecule has 2 heterocycles. The Hall–Kier alpha value is -2.54. The molecular formula is C22H28N4O2S. The third kappa shape index (κ3) is 6.22. The first kappa shape index (κ1) is 21.2. The Morgan fingerprint density at radius 2 is 1.90 bits per heavy atom. The quantitative estimate of drug-likeness (QED) is 0.492. The highest BCUT2D eigenvalue weighted by Gasteiger charge is 2.18. The zero-order valence-electron chi connectivity index (χ0n) is 17.2. The minimum absolute atomic E-state index is 0.0139. The van der Waals surface area contributed by atoms with E-state index < -0.39 is 0 Å². The summed E-state index contributed by atoms with van der Waals surface area (Å²) >= 11 is 1.39. The van der Waals surface area contributed by atoms with Crippen LogP contribution in [0, 0.1) is 5.92 Å². The lowest BCUT2D eigenvalue weighted by Gasteiger charge is -2.15. The number of amides is 1. The average Bonchev–Trinajstić information content (AvgIpc) is 3.35. The highest BCUT2D eigenvalue weighted by atomic mass is 32.2. The number of hydrogen-bond acceptors (Lipinski definition) is 5. The molecule has 3 aromatic rings. The van der Waals surface area contributed by atoms with Gasteiger partial charge in [-0.1, -0.05) is 55.9 Å². The third-order valence-corrected chi connectivity index (χ3v) is 5.53. The molecule has 0 radical (unpaired) electrons. The van der Waals surface area contributed by atoms with E-state index in [0.29, 0.717) is 35.0 Å². The van der Waals surface area contributed by atoms with Crippen molar-refractivity contribution in [3.63, 3.8) is 0 Å². The number of furan rings is 1. The molecule has 154 valence electrons. The fourth-order valence-corrected chi connectivity index (χ4v) is 3.74. The van der Waals surface area contributed by atoms with Crippen molar-refractivity contribution in [3.8, 4) is 11.6 Å². The first-order valence-electron chi connectivity index (χ1n) is 9.96. The van der Waals surface area contributed by atoms with Gasteiger partial charge in [-0.2, -0.15) is 0 Å². The Labute approximate surface area is 176 Å². The van der Waals surface area contributed by atoms with E-state index >= 15 is 0 Å². The molecule has 1 aromatic carbocycles. The van der Waals surface area contributed by atoms with E-state index in [1.165, 1.54) is 11.8 Å². The molecule has 0 unspecified atom stereocenters. The Balaban J connectivity index is 1.68. The number of aromatic nitrogens is 3. The van der Waals surface area contributed by atoms with Gasteiger partial charge in [0.15, 0.2) is 10.9 Å². The Morgan fingerprint density at radius 1 is 1.10 bits per heavy atom. The zero-order chi connectivity index (χ0) is 20.6. The number of thioether (sulfide) groups is 1. The highest BCUT2D eigenvalue weighted by Crippen LogP contribution is 2.25. The number of nitrogens with zero attached hydrogens (tertiary/aromatic N) is 3. The van der Waals surface area contributed by atoms with Gasteiger partial charge in [0, 0.05) is 6.04 Å². The second-order valence-electron chi connectivity index (χ2n) is 7.58. The van der Waals surface area contributed by atoms with Gasteiger partial charge in [-0.3, -0.25) is 9.36 Å². The van der Waals surface area contributed by atoms with Crippen molar-refractivity contribution >= 4 is 17.7 Å². The molecule has 6 nitrogen and oxygen atoms in total. The summed E-state index contributed by atoms with van der Waals surface area (Å²) in [5, 5.41) is 12.4. The lowest BCUT2D eigenvalue weighted by Crippen LogP contribution is -2.34. The van der Waals surface area contributed by atoms with Gasteiger partial charge in [-0.25, -0.2) is 0 Å². The van der Waals surface area contributed by atoms with Gasteiger partial charge in [0.25, 0.3) is 0 Å². The molecule has 29 heavy (non-hydrogen) atoms. The number of nitrogens with one attached hydrogen (secondary N) is 1. The number of carbonyl (C=O) groups is 1. The van der Waals surface area contributed by atoms with E-state index in [-0.39, 0.29) is 11.9 Å². The van der Waals surface area contributed by atoms with Crippen molar-refractivity contribution < 1.29 is 9.21 Å². The van der Waals surface area contributed by atoms with Crippen LogP contribution in [0.15, 0.2) is 58.3 Å². The van der Waals surface area contributed by atoms with E-state index in [9.17, 15) is 4.79 Å². The topological polar surface area (TPSA) is 73.0 Å². The summed E-state index contributed by atoms with van der Waals surface area (Å²) in [6, 6.07) is 14.0. The van der Waals surface area contributed by atoms with E-state index in [1.807, 2.05) is 34.9 Å². The van der Waals surface area contributed by atoms with Crippen LogP contribution in [0.25, 0.3) is 11.6 Å². The molecule has 2 aromatic heterocycles. The maximum atomic E-state index is 12.4. The van der Waals surface area contributed by atoms with Crippen LogP contribution >= 0.6 is 11.8 Å². The average molecular weight is 413 g/mol. The zero-order valence-corrected chi connectivity index (χ0v) is 18.0. The smallest absolute Gasteiger partial charge is 0.230 e. The van der Waals surface area contributed by atoms with Crippen LogP contribution in [0.5, 0.6) is 0 Å². The van der Waals surface area contributed by atoms with Gasteiger partial charge in [0.05, 0.1) is 18.6 Å². The molecule has 0 aliphatic carbocycles. The van der Waals surface area contributed by atoms with Gasteiger partial charge in [-0.05, 0) is 43.4 Å². The molecule has 0 spiro atoms. The summed E-state index contributed by atoms with van der Waals surface area (Å²) in [5.41, 5.74) is 1.13. The Bertz CT molecular complexity index is 891. The van der Waals surface area contributed by atoms with Gasteiger partial charge in [0.1, 0.15) is 0 Å². The van der Waals surface area contributed by atoms with E-state index in [1.54, 1.807) is 6.26 Å². The molecule has 0 saturated heterocycles. The third-order valence-electron chi connectivity index (χ3n) is 4.56. The van der Waals surface area contributed by atoms with Crippen LogP contribution in [0.2, 0.25) is 0 Å². The van der Waals surface area contributed by atoms with Gasteiger partial charge >= 0.3 is 0 Å². The van der Waals surface area contributed by atoms with Gasteiger partial charge < -0.3 is 9.73 Å².